The van der Waals surface area contributed by atoms with Crippen LogP contribution in [0.25, 0.3) is 11.3 Å². The first kappa shape index (κ1) is 13.5. The van der Waals surface area contributed by atoms with Crippen LogP contribution in [0.2, 0.25) is 0 Å². The predicted molar refractivity (Wildman–Crippen MR) is 78.0 cm³/mol. The fraction of sp³-hybridized carbons (Fsp3) is 0.286. The Morgan fingerprint density at radius 2 is 2.00 bits per heavy atom. The Morgan fingerprint density at radius 1 is 1.37 bits per heavy atom. The molecule has 0 radical (unpaired) electrons. The van der Waals surface area contributed by atoms with E-state index in [1.807, 2.05) is 54.9 Å². The van der Waals surface area contributed by atoms with Gasteiger partial charge in [-0.15, -0.1) is 0 Å². The van der Waals surface area contributed by atoms with Crippen molar-refractivity contribution in [2.45, 2.75) is 20.4 Å². The molecule has 5 heteroatoms. The number of rotatable bonds is 4. The van der Waals surface area contributed by atoms with Crippen molar-refractivity contribution in [1.29, 1.82) is 0 Å². The third-order valence-electron chi connectivity index (χ3n) is 3.16. The second-order valence-electron chi connectivity index (χ2n) is 5.18. The molecular formula is C14H17N3OS. The lowest BCUT2D eigenvalue weighted by Gasteiger charge is -2.22. The van der Waals surface area contributed by atoms with Crippen LogP contribution in [0.4, 0.5) is 0 Å². The number of nitrogens with one attached hydrogen (secondary N) is 1. The van der Waals surface area contributed by atoms with Crippen LogP contribution in [0.1, 0.15) is 13.8 Å². The number of carbonyl (C=O) groups is 1. The summed E-state index contributed by atoms with van der Waals surface area (Å²) in [5.74, 6) is -0.338. The molecule has 0 aliphatic heterocycles. The predicted octanol–water partition coefficient (Wildman–Crippen LogP) is 2.72. The number of hydrogen-bond donors (Lipinski definition) is 2. The van der Waals surface area contributed by atoms with Gasteiger partial charge in [0.05, 0.1) is 11.1 Å². The van der Waals surface area contributed by atoms with Gasteiger partial charge in [0, 0.05) is 12.7 Å². The summed E-state index contributed by atoms with van der Waals surface area (Å²) < 4.78 is 2.50. The van der Waals surface area contributed by atoms with Gasteiger partial charge >= 0.3 is 0 Å². The SMILES string of the molecule is CC(C)(Cn1c(-c2ccccc2)c[nH]c1=S)C(N)=O. The average molecular weight is 275 g/mol. The van der Waals surface area contributed by atoms with E-state index in [4.69, 9.17) is 18.0 Å². The van der Waals surface area contributed by atoms with Crippen molar-refractivity contribution in [3.05, 3.63) is 41.3 Å². The molecule has 2 rings (SSSR count). The van der Waals surface area contributed by atoms with Gasteiger partial charge in [0.15, 0.2) is 4.77 Å². The zero-order valence-electron chi connectivity index (χ0n) is 11.0. The quantitative estimate of drug-likeness (QED) is 0.843. The molecule has 0 fully saturated rings. The normalized spacial score (nSPS) is 11.5. The lowest BCUT2D eigenvalue weighted by molar-refractivity contribution is -0.126. The highest BCUT2D eigenvalue weighted by molar-refractivity contribution is 7.71. The Balaban J connectivity index is 2.45. The molecule has 1 heterocycles. The van der Waals surface area contributed by atoms with E-state index >= 15 is 0 Å². The Kier molecular flexibility index (Phi) is 3.57. The summed E-state index contributed by atoms with van der Waals surface area (Å²) in [6, 6.07) is 9.91. The second kappa shape index (κ2) is 5.01. The molecular weight excluding hydrogens is 258 g/mol. The molecule has 4 nitrogen and oxygen atoms in total. The van der Waals surface area contributed by atoms with Crippen LogP contribution in [0, 0.1) is 10.2 Å². The number of H-pyrrole nitrogens is 1. The van der Waals surface area contributed by atoms with Crippen LogP contribution in [0.5, 0.6) is 0 Å². The minimum absolute atomic E-state index is 0.338. The number of benzene rings is 1. The summed E-state index contributed by atoms with van der Waals surface area (Å²) >= 11 is 5.28. The summed E-state index contributed by atoms with van der Waals surface area (Å²) in [7, 11) is 0. The number of imidazole rings is 1. The summed E-state index contributed by atoms with van der Waals surface area (Å²) in [5.41, 5.74) is 6.79. The molecule has 0 bridgehead atoms. The molecule has 0 aliphatic carbocycles. The molecule has 100 valence electrons. The molecule has 3 N–H and O–H groups in total. The summed E-state index contributed by atoms with van der Waals surface area (Å²) in [5, 5.41) is 0. The van der Waals surface area contributed by atoms with Gasteiger partial charge in [0.2, 0.25) is 5.91 Å². The molecule has 1 aromatic carbocycles. The van der Waals surface area contributed by atoms with Crippen molar-refractivity contribution in [2.75, 3.05) is 0 Å². The Bertz CT molecular complexity index is 640. The first-order chi connectivity index (χ1) is 8.92. The lowest BCUT2D eigenvalue weighted by Crippen LogP contribution is -2.35. The topological polar surface area (TPSA) is 63.8 Å². The van der Waals surface area contributed by atoms with Crippen LogP contribution >= 0.6 is 12.2 Å². The van der Waals surface area contributed by atoms with Crippen molar-refractivity contribution in [3.63, 3.8) is 0 Å². The van der Waals surface area contributed by atoms with Gasteiger partial charge in [0.1, 0.15) is 0 Å². The monoisotopic (exact) mass is 275 g/mol. The van der Waals surface area contributed by atoms with Crippen molar-refractivity contribution in [2.24, 2.45) is 11.1 Å². The average Bonchev–Trinajstić information content (AvgIpc) is 2.71. The number of aromatic amines is 1. The maximum atomic E-state index is 11.5. The first-order valence-corrected chi connectivity index (χ1v) is 6.46. The maximum Gasteiger partial charge on any atom is 0.224 e. The van der Waals surface area contributed by atoms with E-state index in [2.05, 4.69) is 4.98 Å². The van der Waals surface area contributed by atoms with Crippen molar-refractivity contribution in [1.82, 2.24) is 9.55 Å². The molecule has 0 spiro atoms. The van der Waals surface area contributed by atoms with Crippen LogP contribution in [0.15, 0.2) is 36.5 Å². The number of nitrogens with two attached hydrogens (primary N) is 1. The number of amides is 1. The Labute approximate surface area is 117 Å². The van der Waals surface area contributed by atoms with Gasteiger partial charge in [-0.05, 0) is 31.6 Å². The molecule has 19 heavy (non-hydrogen) atoms. The highest BCUT2D eigenvalue weighted by Crippen LogP contribution is 2.24. The third-order valence-corrected chi connectivity index (χ3v) is 3.50. The standard InChI is InChI=1S/C14H17N3OS/c1-14(2,12(15)18)9-17-11(8-16-13(17)19)10-6-4-3-5-7-10/h3-8H,9H2,1-2H3,(H2,15,18)(H,16,19). The van der Waals surface area contributed by atoms with Crippen LogP contribution in [-0.4, -0.2) is 15.5 Å². The molecule has 2 aromatic rings. The summed E-state index contributed by atoms with van der Waals surface area (Å²) in [6.45, 7) is 4.09. The Hall–Kier alpha value is -1.88. The lowest BCUT2D eigenvalue weighted by atomic mass is 9.92. The zero-order chi connectivity index (χ0) is 14.0. The van der Waals surface area contributed by atoms with Crippen molar-refractivity contribution in [3.8, 4) is 11.3 Å². The molecule has 1 amide bonds. The van der Waals surface area contributed by atoms with E-state index in [0.29, 0.717) is 11.3 Å². The number of hydrogen-bond acceptors (Lipinski definition) is 2. The van der Waals surface area contributed by atoms with Crippen LogP contribution in [-0.2, 0) is 11.3 Å². The van der Waals surface area contributed by atoms with Gasteiger partial charge in [-0.2, -0.15) is 0 Å². The molecule has 0 saturated heterocycles. The first-order valence-electron chi connectivity index (χ1n) is 6.05. The number of nitrogens with zero attached hydrogens (tertiary/aromatic N) is 1. The molecule has 0 unspecified atom stereocenters. The number of primary amides is 1. The molecule has 0 saturated carbocycles. The van der Waals surface area contributed by atoms with Gasteiger partial charge in [0.25, 0.3) is 0 Å². The van der Waals surface area contributed by atoms with Gasteiger partial charge < -0.3 is 15.3 Å². The van der Waals surface area contributed by atoms with Gasteiger partial charge in [-0.25, -0.2) is 0 Å². The van der Waals surface area contributed by atoms with E-state index in [0.717, 1.165) is 11.3 Å². The molecule has 1 aromatic heterocycles. The summed E-state index contributed by atoms with van der Waals surface area (Å²) in [4.78, 5) is 14.5. The molecule has 0 atom stereocenters. The van der Waals surface area contributed by atoms with E-state index in [1.165, 1.54) is 0 Å². The van der Waals surface area contributed by atoms with E-state index in [9.17, 15) is 4.79 Å². The third kappa shape index (κ3) is 2.76. The fourth-order valence-electron chi connectivity index (χ4n) is 1.87. The second-order valence-corrected chi connectivity index (χ2v) is 5.57. The minimum atomic E-state index is -0.649. The van der Waals surface area contributed by atoms with E-state index in [-0.39, 0.29) is 5.91 Å². The van der Waals surface area contributed by atoms with Crippen LogP contribution < -0.4 is 5.73 Å². The van der Waals surface area contributed by atoms with E-state index in [1.54, 1.807) is 0 Å². The highest BCUT2D eigenvalue weighted by Gasteiger charge is 2.26. The van der Waals surface area contributed by atoms with Gasteiger partial charge in [-0.1, -0.05) is 30.3 Å². The van der Waals surface area contributed by atoms with Crippen molar-refractivity contribution >= 4 is 18.1 Å². The maximum absolute atomic E-state index is 11.5. The van der Waals surface area contributed by atoms with Crippen molar-refractivity contribution < 1.29 is 4.79 Å². The smallest absolute Gasteiger partial charge is 0.224 e. The van der Waals surface area contributed by atoms with Crippen LogP contribution in [0.3, 0.4) is 0 Å². The minimum Gasteiger partial charge on any atom is -0.369 e. The van der Waals surface area contributed by atoms with E-state index < -0.39 is 5.41 Å². The number of carbonyl (C=O) groups excluding carboxylic acids is 1. The largest absolute Gasteiger partial charge is 0.369 e. The molecule has 0 aliphatic rings. The van der Waals surface area contributed by atoms with Gasteiger partial charge in [-0.3, -0.25) is 4.79 Å². The summed E-state index contributed by atoms with van der Waals surface area (Å²) in [6.07, 6.45) is 1.86. The Morgan fingerprint density at radius 3 is 2.58 bits per heavy atom. The fourth-order valence-corrected chi connectivity index (χ4v) is 2.10. The number of aromatic nitrogens is 2. The zero-order valence-corrected chi connectivity index (χ0v) is 11.8. The highest BCUT2D eigenvalue weighted by atomic mass is 32.1.